The van der Waals surface area contributed by atoms with Crippen molar-refractivity contribution in [3.63, 3.8) is 0 Å². The predicted molar refractivity (Wildman–Crippen MR) is 76.3 cm³/mol. The molecular formula is C11H10BrN5O2S. The summed E-state index contributed by atoms with van der Waals surface area (Å²) in [5, 5.41) is 14.5. The third kappa shape index (κ3) is 2.02. The van der Waals surface area contributed by atoms with Crippen LogP contribution in [0.3, 0.4) is 0 Å². The van der Waals surface area contributed by atoms with E-state index in [1.54, 1.807) is 11.6 Å². The second-order valence-electron chi connectivity index (χ2n) is 4.15. The summed E-state index contributed by atoms with van der Waals surface area (Å²) in [7, 11) is 1.36. The van der Waals surface area contributed by atoms with Gasteiger partial charge in [-0.1, -0.05) is 5.10 Å². The Balaban J connectivity index is 2.18. The first-order valence-electron chi connectivity index (χ1n) is 5.71. The van der Waals surface area contributed by atoms with Crippen LogP contribution < -0.4 is 5.32 Å². The Morgan fingerprint density at radius 2 is 2.35 bits per heavy atom. The highest BCUT2D eigenvalue weighted by molar-refractivity contribution is 9.11. The summed E-state index contributed by atoms with van der Waals surface area (Å²) >= 11 is 4.95. The fourth-order valence-electron chi connectivity index (χ4n) is 2.12. The molecule has 0 unspecified atom stereocenters. The molecule has 1 N–H and O–H groups in total. The van der Waals surface area contributed by atoms with E-state index in [1.165, 1.54) is 18.4 Å². The monoisotopic (exact) mass is 355 g/mol. The molecule has 0 amide bonds. The van der Waals surface area contributed by atoms with E-state index in [4.69, 9.17) is 4.74 Å². The molecule has 0 aliphatic carbocycles. The Bertz CT molecular complexity index is 707. The standard InChI is InChI=1S/C11H10BrN5O2S/c1-5-8(10(18)19-2)9(6-3-4-7(12)20-6)17-11(13-5)14-15-16-17/h3-4,9H,1-2H3,(H,13,14,16)/t9-/m0/s1. The molecule has 0 fully saturated rings. The molecule has 20 heavy (non-hydrogen) atoms. The molecule has 0 spiro atoms. The molecule has 0 aromatic carbocycles. The van der Waals surface area contributed by atoms with Crippen LogP contribution in [0, 0.1) is 0 Å². The van der Waals surface area contributed by atoms with Crippen LogP contribution in [0.1, 0.15) is 17.8 Å². The van der Waals surface area contributed by atoms with Gasteiger partial charge in [-0.2, -0.15) is 4.68 Å². The first-order chi connectivity index (χ1) is 9.61. The van der Waals surface area contributed by atoms with E-state index in [0.29, 0.717) is 17.2 Å². The smallest absolute Gasteiger partial charge is 0.338 e. The molecule has 0 saturated heterocycles. The number of halogens is 1. The number of methoxy groups -OCH3 is 1. The number of hydrogen-bond acceptors (Lipinski definition) is 7. The summed E-state index contributed by atoms with van der Waals surface area (Å²) in [4.78, 5) is 13.0. The van der Waals surface area contributed by atoms with Crippen LogP contribution in [0.25, 0.3) is 0 Å². The molecule has 7 nitrogen and oxygen atoms in total. The zero-order chi connectivity index (χ0) is 14.3. The van der Waals surface area contributed by atoms with E-state index < -0.39 is 5.97 Å². The molecule has 3 heterocycles. The van der Waals surface area contributed by atoms with E-state index >= 15 is 0 Å². The van der Waals surface area contributed by atoms with Crippen molar-refractivity contribution in [1.29, 1.82) is 0 Å². The predicted octanol–water partition coefficient (Wildman–Crippen LogP) is 1.96. The Hall–Kier alpha value is -1.74. The highest BCUT2D eigenvalue weighted by Gasteiger charge is 2.35. The second-order valence-corrected chi connectivity index (χ2v) is 6.64. The van der Waals surface area contributed by atoms with Gasteiger partial charge in [-0.25, -0.2) is 4.79 Å². The van der Waals surface area contributed by atoms with E-state index in [0.717, 1.165) is 8.66 Å². The number of thiophene rings is 1. The van der Waals surface area contributed by atoms with Crippen molar-refractivity contribution < 1.29 is 9.53 Å². The number of fused-ring (bicyclic) bond motifs is 1. The number of rotatable bonds is 2. The largest absolute Gasteiger partial charge is 0.466 e. The van der Waals surface area contributed by atoms with Crippen LogP contribution in [0.15, 0.2) is 27.2 Å². The molecule has 0 saturated carbocycles. The SMILES string of the molecule is COC(=O)C1=C(C)Nc2nnnn2[C@H]1c1ccc(Br)s1. The first kappa shape index (κ1) is 13.3. The van der Waals surface area contributed by atoms with E-state index in [9.17, 15) is 4.79 Å². The summed E-state index contributed by atoms with van der Waals surface area (Å²) in [5.74, 6) is 0.107. The number of allylic oxidation sites excluding steroid dienone is 1. The summed E-state index contributed by atoms with van der Waals surface area (Å²) < 4.78 is 7.44. The molecule has 1 atom stereocenters. The number of tetrazole rings is 1. The van der Waals surface area contributed by atoms with Crippen molar-refractivity contribution in [2.45, 2.75) is 13.0 Å². The van der Waals surface area contributed by atoms with Gasteiger partial charge in [0.25, 0.3) is 0 Å². The lowest BCUT2D eigenvalue weighted by Crippen LogP contribution is -2.28. The van der Waals surface area contributed by atoms with Crippen molar-refractivity contribution in [3.05, 3.63) is 32.1 Å². The van der Waals surface area contributed by atoms with E-state index in [1.807, 2.05) is 12.1 Å². The summed E-state index contributed by atoms with van der Waals surface area (Å²) in [6.07, 6.45) is 0. The molecule has 0 bridgehead atoms. The molecule has 2 aromatic rings. The number of nitrogens with one attached hydrogen (secondary N) is 1. The minimum atomic E-state index is -0.398. The lowest BCUT2D eigenvalue weighted by Gasteiger charge is -2.25. The quantitative estimate of drug-likeness (QED) is 0.829. The molecule has 2 aromatic heterocycles. The van der Waals surface area contributed by atoms with Crippen LogP contribution in [-0.4, -0.2) is 33.3 Å². The molecule has 104 valence electrons. The molecule has 1 aliphatic heterocycles. The average molecular weight is 356 g/mol. The maximum absolute atomic E-state index is 12.1. The van der Waals surface area contributed by atoms with Gasteiger partial charge in [-0.3, -0.25) is 0 Å². The lowest BCUT2D eigenvalue weighted by atomic mass is 10.0. The highest BCUT2D eigenvalue weighted by atomic mass is 79.9. The van der Waals surface area contributed by atoms with Crippen LogP contribution in [-0.2, 0) is 9.53 Å². The van der Waals surface area contributed by atoms with Crippen molar-refractivity contribution in [2.24, 2.45) is 0 Å². The second kappa shape index (κ2) is 4.98. The fourth-order valence-corrected chi connectivity index (χ4v) is 3.64. The van der Waals surface area contributed by atoms with Gasteiger partial charge in [0.2, 0.25) is 5.95 Å². The molecule has 1 aliphatic rings. The topological polar surface area (TPSA) is 81.9 Å². The van der Waals surface area contributed by atoms with Gasteiger partial charge in [0.15, 0.2) is 0 Å². The van der Waals surface area contributed by atoms with Crippen LogP contribution in [0.5, 0.6) is 0 Å². The Kier molecular flexibility index (Phi) is 3.30. The Morgan fingerprint density at radius 1 is 1.55 bits per heavy atom. The van der Waals surface area contributed by atoms with Crippen molar-refractivity contribution in [2.75, 3.05) is 12.4 Å². The highest BCUT2D eigenvalue weighted by Crippen LogP contribution is 2.38. The van der Waals surface area contributed by atoms with Gasteiger partial charge in [-0.05, 0) is 45.4 Å². The molecule has 9 heteroatoms. The lowest BCUT2D eigenvalue weighted by molar-refractivity contribution is -0.136. The number of ether oxygens (including phenoxy) is 1. The van der Waals surface area contributed by atoms with Crippen LogP contribution in [0.2, 0.25) is 0 Å². The summed E-state index contributed by atoms with van der Waals surface area (Å²) in [5.41, 5.74) is 1.19. The van der Waals surface area contributed by atoms with Gasteiger partial charge >= 0.3 is 5.97 Å². The van der Waals surface area contributed by atoms with Crippen molar-refractivity contribution in [1.82, 2.24) is 20.2 Å². The number of carbonyl (C=O) groups is 1. The van der Waals surface area contributed by atoms with Gasteiger partial charge in [0, 0.05) is 10.6 Å². The van der Waals surface area contributed by atoms with E-state index in [-0.39, 0.29) is 6.04 Å². The normalized spacial score (nSPS) is 17.6. The van der Waals surface area contributed by atoms with Gasteiger partial charge in [-0.15, -0.1) is 11.3 Å². The number of aromatic nitrogens is 4. The minimum Gasteiger partial charge on any atom is -0.466 e. The van der Waals surface area contributed by atoms with Gasteiger partial charge in [0.1, 0.15) is 6.04 Å². The zero-order valence-corrected chi connectivity index (χ0v) is 13.0. The third-order valence-electron chi connectivity index (χ3n) is 2.98. The molecule has 0 radical (unpaired) electrons. The number of hydrogen-bond donors (Lipinski definition) is 1. The maximum Gasteiger partial charge on any atom is 0.338 e. The van der Waals surface area contributed by atoms with E-state index in [2.05, 4.69) is 36.8 Å². The van der Waals surface area contributed by atoms with Crippen molar-refractivity contribution >= 4 is 39.2 Å². The number of nitrogens with zero attached hydrogens (tertiary/aromatic N) is 4. The Labute approximate surface area is 126 Å². The number of carbonyl (C=O) groups excluding carboxylic acids is 1. The Morgan fingerprint density at radius 3 is 3.00 bits per heavy atom. The van der Waals surface area contributed by atoms with Crippen LogP contribution in [0.4, 0.5) is 5.95 Å². The summed E-state index contributed by atoms with van der Waals surface area (Å²) in [6.45, 7) is 1.81. The minimum absolute atomic E-state index is 0.384. The van der Waals surface area contributed by atoms with Crippen molar-refractivity contribution in [3.8, 4) is 0 Å². The molecular weight excluding hydrogens is 346 g/mol. The van der Waals surface area contributed by atoms with Gasteiger partial charge < -0.3 is 10.1 Å². The number of esters is 1. The fraction of sp³-hybridized carbons (Fsp3) is 0.273. The first-order valence-corrected chi connectivity index (χ1v) is 7.32. The average Bonchev–Trinajstić information content (AvgIpc) is 3.04. The zero-order valence-electron chi connectivity index (χ0n) is 10.6. The van der Waals surface area contributed by atoms with Gasteiger partial charge in [0.05, 0.1) is 16.5 Å². The number of anilines is 1. The maximum atomic E-state index is 12.1. The third-order valence-corrected chi connectivity index (χ3v) is 4.66. The molecule has 3 rings (SSSR count). The summed E-state index contributed by atoms with van der Waals surface area (Å²) in [6, 6.07) is 3.48. The van der Waals surface area contributed by atoms with Crippen LogP contribution >= 0.6 is 27.3 Å².